The van der Waals surface area contributed by atoms with Gasteiger partial charge in [0.25, 0.3) is 0 Å². The molecule has 0 radical (unpaired) electrons. The van der Waals surface area contributed by atoms with Crippen LogP contribution in [0.4, 0.5) is 4.39 Å². The first-order valence-electron chi connectivity index (χ1n) is 5.87. The zero-order valence-electron chi connectivity index (χ0n) is 10.7. The van der Waals surface area contributed by atoms with Crippen molar-refractivity contribution in [1.82, 2.24) is 0 Å². The largest absolute Gasteiger partial charge is 0.491 e. The van der Waals surface area contributed by atoms with Gasteiger partial charge in [0, 0.05) is 26.4 Å². The summed E-state index contributed by atoms with van der Waals surface area (Å²) in [6.45, 7) is 1.87. The second-order valence-electron chi connectivity index (χ2n) is 3.75. The fraction of sp³-hybridized carbons (Fsp3) is 0.462. The van der Waals surface area contributed by atoms with Crippen LogP contribution in [-0.4, -0.2) is 44.6 Å². The Kier molecular flexibility index (Phi) is 6.84. The van der Waals surface area contributed by atoms with Crippen LogP contribution in [0.5, 0.6) is 5.75 Å². The van der Waals surface area contributed by atoms with Crippen LogP contribution in [0.3, 0.4) is 0 Å². The Balaban J connectivity index is 2.26. The minimum Gasteiger partial charge on any atom is -0.491 e. The van der Waals surface area contributed by atoms with Crippen molar-refractivity contribution < 1.29 is 28.5 Å². The number of halogens is 1. The molecule has 5 nitrogen and oxygen atoms in total. The van der Waals surface area contributed by atoms with Gasteiger partial charge in [-0.3, -0.25) is 0 Å². The molecule has 0 amide bonds. The van der Waals surface area contributed by atoms with E-state index in [2.05, 4.69) is 0 Å². The number of carbonyl (C=O) groups is 1. The Hall–Kier alpha value is -1.66. The summed E-state index contributed by atoms with van der Waals surface area (Å²) >= 11 is 0. The third-order valence-corrected chi connectivity index (χ3v) is 2.30. The maximum Gasteiger partial charge on any atom is 0.338 e. The van der Waals surface area contributed by atoms with Crippen molar-refractivity contribution in [2.75, 3.05) is 33.5 Å². The molecule has 1 N–H and O–H groups in total. The molecule has 0 aromatic heterocycles. The summed E-state index contributed by atoms with van der Waals surface area (Å²) in [6, 6.07) is 3.64. The first-order valence-corrected chi connectivity index (χ1v) is 5.87. The van der Waals surface area contributed by atoms with Gasteiger partial charge in [-0.25, -0.2) is 9.18 Å². The van der Waals surface area contributed by atoms with Crippen LogP contribution >= 0.6 is 0 Å². The first kappa shape index (κ1) is 15.4. The Bertz CT molecular complexity index is 408. The molecule has 1 aromatic rings. The van der Waals surface area contributed by atoms with Gasteiger partial charge in [-0.1, -0.05) is 0 Å². The third kappa shape index (κ3) is 5.67. The second-order valence-corrected chi connectivity index (χ2v) is 3.75. The van der Waals surface area contributed by atoms with Crippen LogP contribution in [0.15, 0.2) is 18.2 Å². The highest BCUT2D eigenvalue weighted by atomic mass is 19.1. The van der Waals surface area contributed by atoms with E-state index in [-0.39, 0.29) is 17.9 Å². The number of hydrogen-bond donors (Lipinski definition) is 1. The minimum atomic E-state index is -1.30. The van der Waals surface area contributed by atoms with E-state index in [9.17, 15) is 9.18 Å². The summed E-state index contributed by atoms with van der Waals surface area (Å²) in [5.74, 6) is -1.83. The van der Waals surface area contributed by atoms with Crippen molar-refractivity contribution in [3.63, 3.8) is 0 Å². The lowest BCUT2D eigenvalue weighted by Gasteiger charge is -2.08. The van der Waals surface area contributed by atoms with Crippen LogP contribution in [0.25, 0.3) is 0 Å². The molecule has 0 saturated carbocycles. The highest BCUT2D eigenvalue weighted by molar-refractivity contribution is 5.88. The van der Waals surface area contributed by atoms with E-state index in [1.807, 2.05) is 0 Å². The Morgan fingerprint density at radius 1 is 1.26 bits per heavy atom. The highest BCUT2D eigenvalue weighted by Gasteiger charge is 2.10. The molecule has 0 aliphatic heterocycles. The van der Waals surface area contributed by atoms with Crippen molar-refractivity contribution in [1.29, 1.82) is 0 Å². The maximum absolute atomic E-state index is 13.3. The number of ether oxygens (including phenoxy) is 3. The van der Waals surface area contributed by atoms with Gasteiger partial charge in [-0.2, -0.15) is 0 Å². The highest BCUT2D eigenvalue weighted by Crippen LogP contribution is 2.16. The molecule has 0 atom stereocenters. The number of methoxy groups -OCH3 is 1. The van der Waals surface area contributed by atoms with E-state index in [1.54, 1.807) is 7.11 Å². The zero-order chi connectivity index (χ0) is 14.1. The average molecular weight is 272 g/mol. The number of carboxylic acids is 1. The van der Waals surface area contributed by atoms with Gasteiger partial charge in [-0.05, 0) is 18.6 Å². The smallest absolute Gasteiger partial charge is 0.338 e. The van der Waals surface area contributed by atoms with Gasteiger partial charge < -0.3 is 19.3 Å². The normalized spacial score (nSPS) is 10.4. The summed E-state index contributed by atoms with van der Waals surface area (Å²) in [6.07, 6.45) is 0.804. The van der Waals surface area contributed by atoms with Crippen molar-refractivity contribution in [3.05, 3.63) is 29.6 Å². The van der Waals surface area contributed by atoms with E-state index >= 15 is 0 Å². The van der Waals surface area contributed by atoms with E-state index in [4.69, 9.17) is 19.3 Å². The number of aromatic carboxylic acids is 1. The van der Waals surface area contributed by atoms with Gasteiger partial charge >= 0.3 is 5.97 Å². The molecule has 0 saturated heterocycles. The molecule has 1 aromatic carbocycles. The molecule has 0 unspecified atom stereocenters. The fourth-order valence-corrected chi connectivity index (χ4v) is 1.38. The molecule has 0 aliphatic rings. The Morgan fingerprint density at radius 2 is 2.05 bits per heavy atom. The van der Waals surface area contributed by atoms with Gasteiger partial charge in [0.1, 0.15) is 18.2 Å². The molecule has 1 rings (SSSR count). The lowest BCUT2D eigenvalue weighted by molar-refractivity contribution is 0.0691. The summed E-state index contributed by atoms with van der Waals surface area (Å²) in [5, 5.41) is 8.66. The molecule has 0 aliphatic carbocycles. The predicted octanol–water partition coefficient (Wildman–Crippen LogP) is 1.96. The average Bonchev–Trinajstić information content (AvgIpc) is 2.37. The standard InChI is InChI=1S/C13H17FO5/c1-17-5-2-6-18-7-8-19-10-3-4-11(13(15)16)12(14)9-10/h3-4,9H,2,5-8H2,1H3,(H,15,16). The number of carboxylic acid groups (broad SMARTS) is 1. The molecule has 6 heteroatoms. The summed E-state index contributed by atoms with van der Waals surface area (Å²) in [5.41, 5.74) is -0.372. The van der Waals surface area contributed by atoms with E-state index in [0.29, 0.717) is 19.8 Å². The Labute approximate surface area is 110 Å². The zero-order valence-corrected chi connectivity index (χ0v) is 10.7. The fourth-order valence-electron chi connectivity index (χ4n) is 1.38. The number of benzene rings is 1. The molecular weight excluding hydrogens is 255 g/mol. The summed E-state index contributed by atoms with van der Waals surface area (Å²) < 4.78 is 28.7. The van der Waals surface area contributed by atoms with Gasteiger partial charge in [0.05, 0.1) is 12.2 Å². The molecule has 0 fully saturated rings. The van der Waals surface area contributed by atoms with Crippen LogP contribution in [0.2, 0.25) is 0 Å². The van der Waals surface area contributed by atoms with Gasteiger partial charge in [-0.15, -0.1) is 0 Å². The monoisotopic (exact) mass is 272 g/mol. The van der Waals surface area contributed by atoms with Crippen LogP contribution in [0.1, 0.15) is 16.8 Å². The van der Waals surface area contributed by atoms with Gasteiger partial charge in [0.2, 0.25) is 0 Å². The Morgan fingerprint density at radius 3 is 2.68 bits per heavy atom. The lowest BCUT2D eigenvalue weighted by Crippen LogP contribution is -2.09. The molecule has 0 spiro atoms. The van der Waals surface area contributed by atoms with E-state index < -0.39 is 11.8 Å². The third-order valence-electron chi connectivity index (χ3n) is 2.30. The van der Waals surface area contributed by atoms with E-state index in [1.165, 1.54) is 12.1 Å². The number of rotatable bonds is 9. The van der Waals surface area contributed by atoms with Crippen molar-refractivity contribution in [2.45, 2.75) is 6.42 Å². The number of hydrogen-bond acceptors (Lipinski definition) is 4. The van der Waals surface area contributed by atoms with Crippen molar-refractivity contribution in [2.24, 2.45) is 0 Å². The second kappa shape index (κ2) is 8.44. The topological polar surface area (TPSA) is 65.0 Å². The molecule has 106 valence electrons. The van der Waals surface area contributed by atoms with Crippen molar-refractivity contribution in [3.8, 4) is 5.75 Å². The van der Waals surface area contributed by atoms with Crippen molar-refractivity contribution >= 4 is 5.97 Å². The van der Waals surface area contributed by atoms with Gasteiger partial charge in [0.15, 0.2) is 0 Å². The van der Waals surface area contributed by atoms with Crippen LogP contribution in [0, 0.1) is 5.82 Å². The molecule has 0 heterocycles. The molecule has 19 heavy (non-hydrogen) atoms. The maximum atomic E-state index is 13.3. The summed E-state index contributed by atoms with van der Waals surface area (Å²) in [7, 11) is 1.62. The lowest BCUT2D eigenvalue weighted by atomic mass is 10.2. The van der Waals surface area contributed by atoms with Crippen LogP contribution < -0.4 is 4.74 Å². The molecule has 0 bridgehead atoms. The predicted molar refractivity (Wildman–Crippen MR) is 66.2 cm³/mol. The quantitative estimate of drug-likeness (QED) is 0.696. The van der Waals surface area contributed by atoms with E-state index in [0.717, 1.165) is 12.5 Å². The molecular formula is C13H17FO5. The minimum absolute atomic E-state index is 0.277. The van der Waals surface area contributed by atoms with Crippen LogP contribution in [-0.2, 0) is 9.47 Å². The first-order chi connectivity index (χ1) is 9.15. The SMILES string of the molecule is COCCCOCCOc1ccc(C(=O)O)c(F)c1. The summed E-state index contributed by atoms with van der Waals surface area (Å²) in [4.78, 5) is 10.6.